The zero-order chi connectivity index (χ0) is 23.7. The molecular weight excluding hydrogens is 432 g/mol. The van der Waals surface area contributed by atoms with Crippen molar-refractivity contribution in [2.24, 2.45) is 7.05 Å². The Bertz CT molecular complexity index is 1330. The van der Waals surface area contributed by atoms with E-state index in [4.69, 9.17) is 9.47 Å². The standard InChI is InChI=1S/C25H26N6O3/c1-29-9-11-31(12-10-29)25(32)34-22-13-18-20(14-21(22)33-3)26-16-27-24(18)19-15-30(2)28-23(19)17-7-5-4-6-8-17/h4-8,13-16H,9-12H2,1-3H3. The van der Waals surface area contributed by atoms with Crippen molar-refractivity contribution in [1.29, 1.82) is 0 Å². The number of benzene rings is 2. The monoisotopic (exact) mass is 458 g/mol. The van der Waals surface area contributed by atoms with Crippen molar-refractivity contribution in [3.05, 3.63) is 55.0 Å². The van der Waals surface area contributed by atoms with Crippen LogP contribution >= 0.6 is 0 Å². The molecule has 34 heavy (non-hydrogen) atoms. The van der Waals surface area contributed by atoms with Gasteiger partial charge in [0.1, 0.15) is 12.0 Å². The van der Waals surface area contributed by atoms with E-state index in [1.807, 2.05) is 50.6 Å². The van der Waals surface area contributed by atoms with Crippen molar-refractivity contribution in [2.45, 2.75) is 0 Å². The number of carbonyl (C=O) groups excluding carboxylic acids is 1. The average Bonchev–Trinajstić information content (AvgIpc) is 3.25. The number of piperazine rings is 1. The Balaban J connectivity index is 1.57. The van der Waals surface area contributed by atoms with Crippen LogP contribution in [0, 0.1) is 0 Å². The minimum absolute atomic E-state index is 0.333. The zero-order valence-electron chi connectivity index (χ0n) is 19.4. The zero-order valence-corrected chi connectivity index (χ0v) is 19.4. The highest BCUT2D eigenvalue weighted by Crippen LogP contribution is 2.38. The molecule has 0 spiro atoms. The minimum atomic E-state index is -0.393. The fourth-order valence-electron chi connectivity index (χ4n) is 4.14. The fraction of sp³-hybridized carbons (Fsp3) is 0.280. The topological polar surface area (TPSA) is 85.6 Å². The number of rotatable bonds is 4. The van der Waals surface area contributed by atoms with E-state index in [1.165, 1.54) is 6.33 Å². The number of aryl methyl sites for hydroxylation is 1. The second kappa shape index (κ2) is 9.11. The van der Waals surface area contributed by atoms with E-state index in [2.05, 4.69) is 20.0 Å². The predicted octanol–water partition coefficient (Wildman–Crippen LogP) is 3.45. The number of ether oxygens (including phenoxy) is 2. The number of hydrogen-bond donors (Lipinski definition) is 0. The summed E-state index contributed by atoms with van der Waals surface area (Å²) in [6.07, 6.45) is 3.06. The first-order valence-electron chi connectivity index (χ1n) is 11.1. The summed E-state index contributed by atoms with van der Waals surface area (Å²) in [5.41, 5.74) is 4.05. The Hall–Kier alpha value is -3.98. The molecule has 1 saturated heterocycles. The van der Waals surface area contributed by atoms with Crippen LogP contribution < -0.4 is 9.47 Å². The first kappa shape index (κ1) is 21.8. The molecule has 0 N–H and O–H groups in total. The lowest BCUT2D eigenvalue weighted by Crippen LogP contribution is -2.48. The summed E-state index contributed by atoms with van der Waals surface area (Å²) < 4.78 is 13.1. The van der Waals surface area contributed by atoms with Gasteiger partial charge in [0.05, 0.1) is 18.3 Å². The summed E-state index contributed by atoms with van der Waals surface area (Å²) in [5, 5.41) is 5.42. The number of aromatic nitrogens is 4. The number of fused-ring (bicyclic) bond motifs is 1. The quantitative estimate of drug-likeness (QED) is 0.463. The van der Waals surface area contributed by atoms with Crippen molar-refractivity contribution in [2.75, 3.05) is 40.3 Å². The van der Waals surface area contributed by atoms with Crippen molar-refractivity contribution in [1.82, 2.24) is 29.5 Å². The number of carbonyl (C=O) groups is 1. The number of likely N-dealkylation sites (N-methyl/N-ethyl adjacent to an activating group) is 1. The van der Waals surface area contributed by atoms with Crippen LogP contribution in [0.25, 0.3) is 33.4 Å². The molecule has 5 rings (SSSR count). The maximum Gasteiger partial charge on any atom is 0.415 e. The minimum Gasteiger partial charge on any atom is -0.493 e. The number of hydrogen-bond acceptors (Lipinski definition) is 7. The molecule has 0 radical (unpaired) electrons. The average molecular weight is 459 g/mol. The van der Waals surface area contributed by atoms with Crippen LogP contribution in [0.3, 0.4) is 0 Å². The molecule has 1 aliphatic heterocycles. The Morgan fingerprint density at radius 1 is 0.941 bits per heavy atom. The van der Waals surface area contributed by atoms with Crippen LogP contribution in [-0.2, 0) is 7.05 Å². The molecule has 1 amide bonds. The van der Waals surface area contributed by atoms with Gasteiger partial charge in [0.2, 0.25) is 0 Å². The third kappa shape index (κ3) is 4.17. The Morgan fingerprint density at radius 2 is 1.71 bits per heavy atom. The molecule has 0 unspecified atom stereocenters. The summed E-state index contributed by atoms with van der Waals surface area (Å²) in [5.74, 6) is 0.772. The summed E-state index contributed by atoms with van der Waals surface area (Å²) in [4.78, 5) is 25.8. The summed E-state index contributed by atoms with van der Waals surface area (Å²) in [7, 11) is 5.47. The van der Waals surface area contributed by atoms with Gasteiger partial charge >= 0.3 is 6.09 Å². The molecule has 2 aromatic carbocycles. The summed E-state index contributed by atoms with van der Waals surface area (Å²) in [6.45, 7) is 2.86. The van der Waals surface area contributed by atoms with Crippen LogP contribution in [-0.4, -0.2) is 76.0 Å². The lowest BCUT2D eigenvalue weighted by Gasteiger charge is -2.31. The van der Waals surface area contributed by atoms with Crippen molar-refractivity contribution in [3.8, 4) is 34.0 Å². The molecule has 1 fully saturated rings. The van der Waals surface area contributed by atoms with Crippen LogP contribution in [0.4, 0.5) is 4.79 Å². The molecule has 1 aliphatic rings. The molecule has 0 bridgehead atoms. The van der Waals surface area contributed by atoms with Gasteiger partial charge in [-0.2, -0.15) is 5.10 Å². The summed E-state index contributed by atoms with van der Waals surface area (Å²) >= 11 is 0. The maximum absolute atomic E-state index is 12.9. The van der Waals surface area contributed by atoms with Crippen LogP contribution in [0.15, 0.2) is 55.0 Å². The largest absolute Gasteiger partial charge is 0.493 e. The van der Waals surface area contributed by atoms with E-state index >= 15 is 0 Å². The lowest BCUT2D eigenvalue weighted by atomic mass is 10.0. The molecule has 0 atom stereocenters. The molecule has 2 aromatic heterocycles. The predicted molar refractivity (Wildman–Crippen MR) is 129 cm³/mol. The van der Waals surface area contributed by atoms with Gasteiger partial charge in [-0.1, -0.05) is 30.3 Å². The number of amides is 1. The second-order valence-electron chi connectivity index (χ2n) is 8.33. The number of nitrogens with zero attached hydrogens (tertiary/aromatic N) is 6. The third-order valence-electron chi connectivity index (χ3n) is 6.01. The molecule has 0 saturated carbocycles. The van der Waals surface area contributed by atoms with E-state index in [1.54, 1.807) is 28.8 Å². The highest BCUT2D eigenvalue weighted by molar-refractivity contribution is 5.97. The molecule has 4 aromatic rings. The summed E-state index contributed by atoms with van der Waals surface area (Å²) in [6, 6.07) is 13.5. The SMILES string of the molecule is COc1cc2ncnc(-c3cn(C)nc3-c3ccccc3)c2cc1OC(=O)N1CCN(C)CC1. The van der Waals surface area contributed by atoms with Gasteiger partial charge < -0.3 is 19.3 Å². The van der Waals surface area contributed by atoms with Gasteiger partial charge in [-0.3, -0.25) is 4.68 Å². The highest BCUT2D eigenvalue weighted by atomic mass is 16.6. The molecule has 174 valence electrons. The van der Waals surface area contributed by atoms with Crippen molar-refractivity contribution < 1.29 is 14.3 Å². The van der Waals surface area contributed by atoms with Crippen LogP contribution in [0.1, 0.15) is 0 Å². The van der Waals surface area contributed by atoms with Crippen molar-refractivity contribution >= 4 is 17.0 Å². The van der Waals surface area contributed by atoms with E-state index in [0.717, 1.165) is 35.3 Å². The lowest BCUT2D eigenvalue weighted by molar-refractivity contribution is 0.119. The number of methoxy groups -OCH3 is 1. The molecule has 0 aliphatic carbocycles. The molecular formula is C25H26N6O3. The highest BCUT2D eigenvalue weighted by Gasteiger charge is 2.23. The molecule has 9 nitrogen and oxygen atoms in total. The van der Waals surface area contributed by atoms with Crippen molar-refractivity contribution in [3.63, 3.8) is 0 Å². The van der Waals surface area contributed by atoms with E-state index < -0.39 is 6.09 Å². The third-order valence-corrected chi connectivity index (χ3v) is 6.01. The molecule has 3 heterocycles. The Morgan fingerprint density at radius 3 is 2.44 bits per heavy atom. The molecule has 9 heteroatoms. The Kier molecular flexibility index (Phi) is 5.85. The van der Waals surface area contributed by atoms with Gasteiger partial charge in [0.15, 0.2) is 11.5 Å². The van der Waals surface area contributed by atoms with Gasteiger partial charge in [0, 0.05) is 62.0 Å². The van der Waals surface area contributed by atoms with Crippen LogP contribution in [0.5, 0.6) is 11.5 Å². The van der Waals surface area contributed by atoms with Gasteiger partial charge in [-0.15, -0.1) is 0 Å². The van der Waals surface area contributed by atoms with E-state index in [-0.39, 0.29) is 0 Å². The van der Waals surface area contributed by atoms with Gasteiger partial charge in [-0.05, 0) is 13.1 Å². The van der Waals surface area contributed by atoms with E-state index in [0.29, 0.717) is 35.8 Å². The van der Waals surface area contributed by atoms with Gasteiger partial charge in [0.25, 0.3) is 0 Å². The first-order valence-corrected chi connectivity index (χ1v) is 11.1. The first-order chi connectivity index (χ1) is 16.5. The second-order valence-corrected chi connectivity index (χ2v) is 8.33. The fourth-order valence-corrected chi connectivity index (χ4v) is 4.14. The Labute approximate surface area is 197 Å². The van der Waals surface area contributed by atoms with E-state index in [9.17, 15) is 4.79 Å². The van der Waals surface area contributed by atoms with Gasteiger partial charge in [-0.25, -0.2) is 14.8 Å². The smallest absolute Gasteiger partial charge is 0.415 e. The van der Waals surface area contributed by atoms with Crippen LogP contribution in [0.2, 0.25) is 0 Å². The normalized spacial score (nSPS) is 14.4. The maximum atomic E-state index is 12.9.